The molecule has 1 aliphatic rings. The second kappa shape index (κ2) is 11.5. The molecule has 1 aliphatic carbocycles. The molecule has 0 aliphatic heterocycles. The third-order valence-corrected chi connectivity index (χ3v) is 9.08. The zero-order valence-corrected chi connectivity index (χ0v) is 22.7. The lowest BCUT2D eigenvalue weighted by Gasteiger charge is -2.29. The molecule has 40 heavy (non-hydrogen) atoms. The van der Waals surface area contributed by atoms with Crippen LogP contribution in [-0.2, 0) is 32.5 Å². The minimum atomic E-state index is -3.90. The summed E-state index contributed by atoms with van der Waals surface area (Å²) in [5.74, 6) is -0.859. The van der Waals surface area contributed by atoms with Crippen LogP contribution in [0.2, 0.25) is 0 Å². The van der Waals surface area contributed by atoms with Gasteiger partial charge < -0.3 is 10.3 Å². The summed E-state index contributed by atoms with van der Waals surface area (Å²) in [5.41, 5.74) is 6.87. The van der Waals surface area contributed by atoms with Crippen molar-refractivity contribution in [1.29, 1.82) is 0 Å². The number of hydrogen-bond acceptors (Lipinski definition) is 5. The number of para-hydroxylation sites is 1. The minimum absolute atomic E-state index is 0.156. The molecule has 4 N–H and O–H groups in total. The van der Waals surface area contributed by atoms with E-state index in [0.29, 0.717) is 24.9 Å². The third kappa shape index (κ3) is 5.69. The molecule has 0 saturated carbocycles. The number of H-pyrrole nitrogens is 1. The van der Waals surface area contributed by atoms with Crippen molar-refractivity contribution in [1.82, 2.24) is 14.8 Å². The smallest absolute Gasteiger partial charge is 0.267 e. The van der Waals surface area contributed by atoms with Crippen LogP contribution in [0.25, 0.3) is 17.0 Å². The molecule has 9 nitrogen and oxygen atoms in total. The summed E-state index contributed by atoms with van der Waals surface area (Å²) in [7, 11) is -3.90. The highest BCUT2D eigenvalue weighted by atomic mass is 32.2. The van der Waals surface area contributed by atoms with E-state index < -0.39 is 15.9 Å². The maximum atomic E-state index is 14.1. The maximum Gasteiger partial charge on any atom is 0.267 e. The summed E-state index contributed by atoms with van der Waals surface area (Å²) in [4.78, 5) is 26.2. The van der Waals surface area contributed by atoms with Gasteiger partial charge in [0.25, 0.3) is 5.91 Å². The average Bonchev–Trinajstić information content (AvgIpc) is 3.56. The molecule has 206 valence electrons. The van der Waals surface area contributed by atoms with Gasteiger partial charge in [-0.1, -0.05) is 36.4 Å². The van der Waals surface area contributed by atoms with Crippen molar-refractivity contribution in [3.8, 4) is 0 Å². The van der Waals surface area contributed by atoms with Crippen molar-refractivity contribution >= 4 is 44.5 Å². The van der Waals surface area contributed by atoms with Gasteiger partial charge in [0.05, 0.1) is 10.9 Å². The van der Waals surface area contributed by atoms with E-state index in [-0.39, 0.29) is 23.4 Å². The summed E-state index contributed by atoms with van der Waals surface area (Å²) in [6, 6.07) is 19.5. The number of aryl methyl sites for hydroxylation is 1. The van der Waals surface area contributed by atoms with Crippen molar-refractivity contribution in [2.45, 2.75) is 37.1 Å². The Balaban J connectivity index is 1.48. The monoisotopic (exact) mass is 558 g/mol. The average molecular weight is 559 g/mol. The van der Waals surface area contributed by atoms with Gasteiger partial charge in [-0.05, 0) is 77.9 Å². The summed E-state index contributed by atoms with van der Waals surface area (Å²) in [6.45, 7) is 1.68. The van der Waals surface area contributed by atoms with Crippen LogP contribution < -0.4 is 10.8 Å². The Hall–Kier alpha value is -4.25. The van der Waals surface area contributed by atoms with Crippen molar-refractivity contribution < 1.29 is 23.2 Å². The number of hydrogen-bond donors (Lipinski definition) is 4. The first-order valence-corrected chi connectivity index (χ1v) is 14.4. The molecular weight excluding hydrogens is 528 g/mol. The molecule has 0 radical (unpaired) electrons. The van der Waals surface area contributed by atoms with Gasteiger partial charge in [0.1, 0.15) is 0 Å². The van der Waals surface area contributed by atoms with Crippen molar-refractivity contribution in [3.63, 3.8) is 0 Å². The first-order chi connectivity index (χ1) is 19.3. The van der Waals surface area contributed by atoms with E-state index in [2.05, 4.69) is 10.3 Å². The number of aromatic nitrogens is 1. The normalized spacial score (nSPS) is 15.0. The van der Waals surface area contributed by atoms with Crippen LogP contribution in [0.3, 0.4) is 0 Å². The Morgan fingerprint density at radius 2 is 1.88 bits per heavy atom. The van der Waals surface area contributed by atoms with Crippen LogP contribution >= 0.6 is 0 Å². The number of carbonyl (C=O) groups is 2. The maximum absolute atomic E-state index is 14.1. The molecule has 1 aromatic heterocycles. The molecule has 2 amide bonds. The number of sulfonamides is 1. The fourth-order valence-corrected chi connectivity index (χ4v) is 6.92. The molecule has 0 spiro atoms. The lowest BCUT2D eigenvalue weighted by molar-refractivity contribution is -0.124. The van der Waals surface area contributed by atoms with Crippen LogP contribution in [0.15, 0.2) is 83.9 Å². The van der Waals surface area contributed by atoms with E-state index >= 15 is 0 Å². The van der Waals surface area contributed by atoms with E-state index in [1.165, 1.54) is 25.1 Å². The molecule has 1 atom stereocenters. The number of hydroxylamine groups is 1. The predicted octanol–water partition coefficient (Wildman–Crippen LogP) is 4.57. The first kappa shape index (κ1) is 27.3. The minimum Gasteiger partial charge on any atom is -0.361 e. The summed E-state index contributed by atoms with van der Waals surface area (Å²) < 4.78 is 29.8. The van der Waals surface area contributed by atoms with Gasteiger partial charge in [-0.15, -0.1) is 0 Å². The molecule has 1 unspecified atom stereocenters. The lowest BCUT2D eigenvalue weighted by atomic mass is 10.0. The van der Waals surface area contributed by atoms with Gasteiger partial charge in [0.2, 0.25) is 15.9 Å². The van der Waals surface area contributed by atoms with Gasteiger partial charge in [0.15, 0.2) is 0 Å². The Morgan fingerprint density at radius 3 is 2.62 bits per heavy atom. The molecule has 10 heteroatoms. The highest BCUT2D eigenvalue weighted by molar-refractivity contribution is 7.89. The fourth-order valence-electron chi connectivity index (χ4n) is 5.29. The van der Waals surface area contributed by atoms with Crippen LogP contribution in [0.1, 0.15) is 41.6 Å². The number of benzene rings is 3. The van der Waals surface area contributed by atoms with E-state index in [0.717, 1.165) is 33.2 Å². The van der Waals surface area contributed by atoms with E-state index in [1.807, 2.05) is 48.7 Å². The highest BCUT2D eigenvalue weighted by Gasteiger charge is 2.36. The number of fused-ring (bicyclic) bond motifs is 2. The van der Waals surface area contributed by atoms with Crippen LogP contribution in [0.5, 0.6) is 0 Å². The highest BCUT2D eigenvalue weighted by Crippen LogP contribution is 2.39. The van der Waals surface area contributed by atoms with Gasteiger partial charge in [-0.2, -0.15) is 4.31 Å². The number of amides is 2. The molecule has 0 fully saturated rings. The molecule has 4 aromatic rings. The summed E-state index contributed by atoms with van der Waals surface area (Å²) in [6.07, 6.45) is 6.60. The number of aromatic amines is 1. The number of carbonyl (C=O) groups excluding carboxylic acids is 2. The predicted molar refractivity (Wildman–Crippen MR) is 153 cm³/mol. The van der Waals surface area contributed by atoms with Crippen molar-refractivity contribution in [2.24, 2.45) is 0 Å². The van der Waals surface area contributed by atoms with Gasteiger partial charge >= 0.3 is 0 Å². The molecule has 0 saturated heterocycles. The van der Waals surface area contributed by atoms with Crippen molar-refractivity contribution in [2.75, 3.05) is 11.9 Å². The number of rotatable bonds is 9. The second-order valence-corrected chi connectivity index (χ2v) is 11.6. The topological polar surface area (TPSA) is 132 Å². The molecule has 5 rings (SSSR count). The molecule has 1 heterocycles. The second-order valence-electron chi connectivity index (χ2n) is 9.75. The Morgan fingerprint density at radius 1 is 1.10 bits per heavy atom. The van der Waals surface area contributed by atoms with Crippen LogP contribution in [0, 0.1) is 0 Å². The number of anilines is 1. The van der Waals surface area contributed by atoms with Crippen LogP contribution in [-0.4, -0.2) is 41.3 Å². The van der Waals surface area contributed by atoms with Gasteiger partial charge in [0, 0.05) is 42.3 Å². The van der Waals surface area contributed by atoms with E-state index in [1.54, 1.807) is 28.0 Å². The zero-order chi connectivity index (χ0) is 28.3. The zero-order valence-electron chi connectivity index (χ0n) is 21.9. The third-order valence-electron chi connectivity index (χ3n) is 7.16. The summed E-state index contributed by atoms with van der Waals surface area (Å²) in [5, 5.41) is 12.5. The Labute approximate surface area is 232 Å². The van der Waals surface area contributed by atoms with Crippen molar-refractivity contribution in [3.05, 3.63) is 101 Å². The fraction of sp³-hybridized carbons (Fsp3) is 0.200. The lowest BCUT2D eigenvalue weighted by Crippen LogP contribution is -2.35. The van der Waals surface area contributed by atoms with E-state index in [9.17, 15) is 18.0 Å². The number of nitrogens with zero attached hydrogens (tertiary/aromatic N) is 1. The van der Waals surface area contributed by atoms with Gasteiger partial charge in [-0.3, -0.25) is 14.8 Å². The molecule has 3 aromatic carbocycles. The summed E-state index contributed by atoms with van der Waals surface area (Å²) >= 11 is 0. The number of nitrogens with one attached hydrogen (secondary N) is 3. The van der Waals surface area contributed by atoms with Crippen LogP contribution in [0.4, 0.5) is 5.69 Å². The van der Waals surface area contributed by atoms with Gasteiger partial charge in [-0.25, -0.2) is 13.9 Å². The largest absolute Gasteiger partial charge is 0.361 e. The Bertz CT molecular complexity index is 1690. The standard InChI is InChI=1S/C30H30N4O5S/c1-20(35)32-24-9-11-25(12-10-24)40(38,39)34(17-16-23-19-31-28-5-3-2-4-26(23)28)29-14-8-22-18-21(6-13-27(22)29)7-15-30(36)33-37/h2-7,9-13,15,18-19,29,31,37H,8,14,16-17H2,1H3,(H,32,35)(H,33,36)/b15-7+. The molecule has 0 bridgehead atoms. The molecular formula is C30H30N4O5S. The SMILES string of the molecule is CC(=O)Nc1ccc(S(=O)(=O)N(CCc2c[nH]c3ccccc23)C2CCc3cc(/C=C/C(=O)NO)ccc32)cc1. The first-order valence-electron chi connectivity index (χ1n) is 13.0. The Kier molecular flexibility index (Phi) is 7.83. The van der Waals surface area contributed by atoms with E-state index in [4.69, 9.17) is 5.21 Å². The quantitative estimate of drug-likeness (QED) is 0.136.